The number of hydrogen-bond acceptors (Lipinski definition) is 5. The van der Waals surface area contributed by atoms with Crippen molar-refractivity contribution in [3.8, 4) is 17.2 Å². The van der Waals surface area contributed by atoms with E-state index >= 15 is 0 Å². The lowest BCUT2D eigenvalue weighted by Crippen LogP contribution is -2.17. The van der Waals surface area contributed by atoms with Gasteiger partial charge in [0.25, 0.3) is 5.91 Å². The van der Waals surface area contributed by atoms with Crippen LogP contribution >= 0.6 is 15.9 Å². The number of methoxy groups -OCH3 is 1. The second kappa shape index (κ2) is 6.95. The molecule has 0 spiro atoms. The van der Waals surface area contributed by atoms with Crippen LogP contribution in [-0.2, 0) is 0 Å². The lowest BCUT2D eigenvalue weighted by Gasteiger charge is -2.04. The van der Waals surface area contributed by atoms with Crippen LogP contribution in [0.25, 0.3) is 0 Å². The smallest absolute Gasteiger partial charge is 0.275 e. The number of amides is 1. The number of aromatic hydroxyl groups is 2. The largest absolute Gasteiger partial charge is 0.507 e. The van der Waals surface area contributed by atoms with Gasteiger partial charge in [-0.2, -0.15) is 5.10 Å². The summed E-state index contributed by atoms with van der Waals surface area (Å²) in [5.41, 5.74) is 3.05. The SMILES string of the molecule is COc1cc(/C=N/NC(=O)c2cc(Br)ccc2O)ccc1O. The molecule has 0 saturated heterocycles. The Morgan fingerprint density at radius 1 is 1.23 bits per heavy atom. The number of hydrogen-bond donors (Lipinski definition) is 3. The normalized spacial score (nSPS) is 10.6. The molecule has 3 N–H and O–H groups in total. The molecule has 0 bridgehead atoms. The first kappa shape index (κ1) is 15.8. The van der Waals surface area contributed by atoms with Crippen molar-refractivity contribution in [3.63, 3.8) is 0 Å². The van der Waals surface area contributed by atoms with Crippen molar-refractivity contribution in [1.82, 2.24) is 5.43 Å². The minimum Gasteiger partial charge on any atom is -0.507 e. The second-order valence-electron chi connectivity index (χ2n) is 4.29. The molecule has 0 aliphatic carbocycles. The Bertz CT molecular complexity index is 731. The number of nitrogens with one attached hydrogen (secondary N) is 1. The number of ether oxygens (including phenoxy) is 1. The van der Waals surface area contributed by atoms with Crippen molar-refractivity contribution >= 4 is 28.1 Å². The van der Waals surface area contributed by atoms with Gasteiger partial charge < -0.3 is 14.9 Å². The predicted octanol–water partition coefficient (Wildman–Crippen LogP) is 2.63. The fraction of sp³-hybridized carbons (Fsp3) is 0.0667. The first-order chi connectivity index (χ1) is 10.5. The Morgan fingerprint density at radius 2 is 1.95 bits per heavy atom. The van der Waals surface area contributed by atoms with E-state index in [0.717, 1.165) is 0 Å². The molecule has 0 fully saturated rings. The molecule has 2 aromatic rings. The van der Waals surface area contributed by atoms with Crippen molar-refractivity contribution in [3.05, 3.63) is 52.0 Å². The molecule has 2 aromatic carbocycles. The highest BCUT2D eigenvalue weighted by Gasteiger charge is 2.10. The molecule has 0 atom stereocenters. The summed E-state index contributed by atoms with van der Waals surface area (Å²) in [4.78, 5) is 11.9. The average molecular weight is 365 g/mol. The van der Waals surface area contributed by atoms with Gasteiger partial charge in [0.1, 0.15) is 5.75 Å². The summed E-state index contributed by atoms with van der Waals surface area (Å²) in [6, 6.07) is 9.17. The Kier molecular flexibility index (Phi) is 5.00. The van der Waals surface area contributed by atoms with E-state index in [0.29, 0.717) is 15.8 Å². The van der Waals surface area contributed by atoms with Gasteiger partial charge in [0.05, 0.1) is 18.9 Å². The highest BCUT2D eigenvalue weighted by Crippen LogP contribution is 2.25. The number of benzene rings is 2. The van der Waals surface area contributed by atoms with E-state index in [1.54, 1.807) is 18.2 Å². The lowest BCUT2D eigenvalue weighted by molar-refractivity contribution is 0.0952. The maximum atomic E-state index is 11.9. The van der Waals surface area contributed by atoms with E-state index in [-0.39, 0.29) is 17.1 Å². The molecular formula is C15H13BrN2O4. The molecule has 0 aromatic heterocycles. The molecular weight excluding hydrogens is 352 g/mol. The van der Waals surface area contributed by atoms with Gasteiger partial charge in [-0.1, -0.05) is 15.9 Å². The number of carbonyl (C=O) groups is 1. The van der Waals surface area contributed by atoms with Crippen LogP contribution < -0.4 is 10.2 Å². The minimum absolute atomic E-state index is 0.0164. The highest BCUT2D eigenvalue weighted by molar-refractivity contribution is 9.10. The van der Waals surface area contributed by atoms with Crippen LogP contribution in [0, 0.1) is 0 Å². The van der Waals surface area contributed by atoms with Gasteiger partial charge in [0.15, 0.2) is 11.5 Å². The standard InChI is InChI=1S/C15H13BrN2O4/c1-22-14-6-9(2-4-13(14)20)8-17-18-15(21)11-7-10(16)3-5-12(11)19/h2-8,19-20H,1H3,(H,18,21)/b17-8+. The van der Waals surface area contributed by atoms with Crippen LogP contribution in [0.15, 0.2) is 46.0 Å². The van der Waals surface area contributed by atoms with Crippen LogP contribution in [-0.4, -0.2) is 29.4 Å². The zero-order chi connectivity index (χ0) is 16.1. The Labute approximate surface area is 135 Å². The van der Waals surface area contributed by atoms with Crippen LogP contribution in [0.2, 0.25) is 0 Å². The first-order valence-electron chi connectivity index (χ1n) is 6.20. The molecule has 114 valence electrons. The van der Waals surface area contributed by atoms with Crippen LogP contribution in [0.1, 0.15) is 15.9 Å². The minimum atomic E-state index is -0.541. The molecule has 0 aliphatic heterocycles. The zero-order valence-electron chi connectivity index (χ0n) is 11.6. The van der Waals surface area contributed by atoms with Gasteiger partial charge in [-0.05, 0) is 42.0 Å². The fourth-order valence-corrected chi connectivity index (χ4v) is 2.05. The summed E-state index contributed by atoms with van der Waals surface area (Å²) in [6.45, 7) is 0. The van der Waals surface area contributed by atoms with E-state index in [1.165, 1.54) is 31.5 Å². The van der Waals surface area contributed by atoms with Gasteiger partial charge in [0, 0.05) is 4.47 Å². The van der Waals surface area contributed by atoms with E-state index in [9.17, 15) is 15.0 Å². The molecule has 2 rings (SSSR count). The second-order valence-corrected chi connectivity index (χ2v) is 5.21. The molecule has 1 amide bonds. The number of rotatable bonds is 4. The van der Waals surface area contributed by atoms with Crippen molar-refractivity contribution in [2.75, 3.05) is 7.11 Å². The van der Waals surface area contributed by atoms with Crippen molar-refractivity contribution in [2.24, 2.45) is 5.10 Å². The van der Waals surface area contributed by atoms with Crippen LogP contribution in [0.4, 0.5) is 0 Å². The molecule has 6 nitrogen and oxygen atoms in total. The van der Waals surface area contributed by atoms with Gasteiger partial charge in [-0.25, -0.2) is 5.43 Å². The molecule has 0 aliphatic rings. The highest BCUT2D eigenvalue weighted by atomic mass is 79.9. The summed E-state index contributed by atoms with van der Waals surface area (Å²) in [5.74, 6) is -0.356. The summed E-state index contributed by atoms with van der Waals surface area (Å²) >= 11 is 3.23. The number of hydrazone groups is 1. The van der Waals surface area contributed by atoms with E-state index < -0.39 is 5.91 Å². The monoisotopic (exact) mass is 364 g/mol. The summed E-state index contributed by atoms with van der Waals surface area (Å²) in [6.07, 6.45) is 1.40. The fourth-order valence-electron chi connectivity index (χ4n) is 1.69. The van der Waals surface area contributed by atoms with Crippen LogP contribution in [0.3, 0.4) is 0 Å². The third kappa shape index (κ3) is 3.76. The van der Waals surface area contributed by atoms with Gasteiger partial charge in [0.2, 0.25) is 0 Å². The Morgan fingerprint density at radius 3 is 2.68 bits per heavy atom. The molecule has 22 heavy (non-hydrogen) atoms. The van der Waals surface area contributed by atoms with Crippen molar-refractivity contribution in [1.29, 1.82) is 0 Å². The van der Waals surface area contributed by atoms with E-state index in [2.05, 4.69) is 26.5 Å². The zero-order valence-corrected chi connectivity index (χ0v) is 13.2. The summed E-state index contributed by atoms with van der Waals surface area (Å²) in [5, 5.41) is 22.9. The van der Waals surface area contributed by atoms with Gasteiger partial charge in [-0.3, -0.25) is 4.79 Å². The molecule has 0 saturated carbocycles. The molecule has 7 heteroatoms. The number of phenols is 2. The maximum Gasteiger partial charge on any atom is 0.275 e. The Balaban J connectivity index is 2.09. The molecule has 0 heterocycles. The van der Waals surface area contributed by atoms with Gasteiger partial charge >= 0.3 is 0 Å². The maximum absolute atomic E-state index is 11.9. The number of halogens is 1. The van der Waals surface area contributed by atoms with Crippen molar-refractivity contribution < 1.29 is 19.7 Å². The average Bonchev–Trinajstić information content (AvgIpc) is 2.51. The third-order valence-electron chi connectivity index (χ3n) is 2.79. The number of nitrogens with zero attached hydrogens (tertiary/aromatic N) is 1. The van der Waals surface area contributed by atoms with E-state index in [4.69, 9.17) is 4.74 Å². The van der Waals surface area contributed by atoms with E-state index in [1.807, 2.05) is 0 Å². The molecule has 0 unspecified atom stereocenters. The summed E-state index contributed by atoms with van der Waals surface area (Å²) < 4.78 is 5.64. The van der Waals surface area contributed by atoms with Crippen LogP contribution in [0.5, 0.6) is 17.2 Å². The third-order valence-corrected chi connectivity index (χ3v) is 3.28. The summed E-state index contributed by atoms with van der Waals surface area (Å²) in [7, 11) is 1.44. The first-order valence-corrected chi connectivity index (χ1v) is 6.99. The molecule has 0 radical (unpaired) electrons. The Hall–Kier alpha value is -2.54. The number of carbonyl (C=O) groups excluding carboxylic acids is 1. The lowest BCUT2D eigenvalue weighted by atomic mass is 10.2. The predicted molar refractivity (Wildman–Crippen MR) is 85.5 cm³/mol. The van der Waals surface area contributed by atoms with Crippen molar-refractivity contribution in [2.45, 2.75) is 0 Å². The number of phenolic OH excluding ortho intramolecular Hbond substituents is 2. The quantitative estimate of drug-likeness (QED) is 0.574. The topological polar surface area (TPSA) is 91.2 Å². The van der Waals surface area contributed by atoms with Gasteiger partial charge in [-0.15, -0.1) is 0 Å².